The third-order valence-electron chi connectivity index (χ3n) is 4.24. The summed E-state index contributed by atoms with van der Waals surface area (Å²) < 4.78 is 0. The van der Waals surface area contributed by atoms with Gasteiger partial charge in [-0.1, -0.05) is 0 Å². The predicted octanol–water partition coefficient (Wildman–Crippen LogP) is 3.13. The molecular weight excluding hydrogens is 330 g/mol. The van der Waals surface area contributed by atoms with Gasteiger partial charge in [-0.25, -0.2) is 4.98 Å². The lowest BCUT2D eigenvalue weighted by molar-refractivity contribution is -0.128. The monoisotopic (exact) mass is 347 g/mol. The summed E-state index contributed by atoms with van der Waals surface area (Å²) in [6.45, 7) is 2.61. The number of nitrogens with one attached hydrogen (secondary N) is 1. The van der Waals surface area contributed by atoms with E-state index in [2.05, 4.69) is 23.3 Å². The molecule has 1 N–H and O–H groups in total. The second-order valence-electron chi connectivity index (χ2n) is 6.12. The second-order valence-corrected chi connectivity index (χ2v) is 8.26. The molecule has 3 heterocycles. The summed E-state index contributed by atoms with van der Waals surface area (Å²) in [6, 6.07) is 4.49. The highest BCUT2D eigenvalue weighted by Gasteiger charge is 2.41. The molecule has 0 spiro atoms. The van der Waals surface area contributed by atoms with Crippen molar-refractivity contribution in [1.29, 1.82) is 0 Å². The van der Waals surface area contributed by atoms with E-state index in [1.165, 1.54) is 16.2 Å². The lowest BCUT2D eigenvalue weighted by Crippen LogP contribution is -2.29. The molecule has 4 rings (SSSR count). The van der Waals surface area contributed by atoms with Gasteiger partial charge in [0.15, 0.2) is 5.13 Å². The van der Waals surface area contributed by atoms with Crippen LogP contribution >= 0.6 is 22.7 Å². The first-order valence-electron chi connectivity index (χ1n) is 7.73. The zero-order chi connectivity index (χ0) is 16.0. The summed E-state index contributed by atoms with van der Waals surface area (Å²) in [5.41, 5.74) is 0.894. The van der Waals surface area contributed by atoms with Crippen molar-refractivity contribution < 1.29 is 9.59 Å². The molecule has 0 aromatic carbocycles. The van der Waals surface area contributed by atoms with Crippen molar-refractivity contribution >= 4 is 39.6 Å². The number of rotatable bonds is 4. The van der Waals surface area contributed by atoms with Gasteiger partial charge in [-0.2, -0.15) is 0 Å². The van der Waals surface area contributed by atoms with Crippen LogP contribution in [0.2, 0.25) is 0 Å². The molecule has 0 unspecified atom stereocenters. The van der Waals surface area contributed by atoms with Crippen molar-refractivity contribution in [1.82, 2.24) is 9.88 Å². The zero-order valence-corrected chi connectivity index (χ0v) is 14.4. The number of anilines is 1. The minimum atomic E-state index is -0.251. The fourth-order valence-corrected chi connectivity index (χ4v) is 4.49. The number of thiophene rings is 1. The first-order chi connectivity index (χ1) is 11.1. The standard InChI is InChI=1S/C16H17N3O2S2/c1-9-2-5-13(23-9)12-8-22-16(17-12)18-15(21)10-6-14(20)19(7-10)11-3-4-11/h2,5,8,10-11H,3-4,6-7H2,1H3,(H,17,18,21)/t10-/m0/s1. The van der Waals surface area contributed by atoms with Crippen LogP contribution in [0.5, 0.6) is 0 Å². The molecule has 2 fully saturated rings. The van der Waals surface area contributed by atoms with Crippen molar-refractivity contribution in [3.05, 3.63) is 22.4 Å². The molecule has 120 valence electrons. The van der Waals surface area contributed by atoms with Gasteiger partial charge < -0.3 is 10.2 Å². The molecule has 2 aliphatic rings. The van der Waals surface area contributed by atoms with Crippen molar-refractivity contribution in [2.24, 2.45) is 5.92 Å². The Hall–Kier alpha value is -1.73. The van der Waals surface area contributed by atoms with E-state index in [4.69, 9.17) is 0 Å². The molecule has 5 nitrogen and oxygen atoms in total. The van der Waals surface area contributed by atoms with Gasteiger partial charge >= 0.3 is 0 Å². The van der Waals surface area contributed by atoms with Gasteiger partial charge in [0, 0.05) is 29.3 Å². The molecule has 2 amide bonds. The molecule has 2 aromatic rings. The van der Waals surface area contributed by atoms with Crippen LogP contribution in [0.15, 0.2) is 17.5 Å². The Bertz CT molecular complexity index is 763. The fraction of sp³-hybridized carbons (Fsp3) is 0.438. The Kier molecular flexibility index (Phi) is 3.69. The van der Waals surface area contributed by atoms with Gasteiger partial charge in [0.1, 0.15) is 0 Å². The first kappa shape index (κ1) is 14.8. The van der Waals surface area contributed by atoms with Crippen LogP contribution in [-0.2, 0) is 9.59 Å². The maximum absolute atomic E-state index is 12.4. The van der Waals surface area contributed by atoms with E-state index in [9.17, 15) is 9.59 Å². The number of aromatic nitrogens is 1. The van der Waals surface area contributed by atoms with E-state index < -0.39 is 0 Å². The molecule has 1 saturated carbocycles. The molecule has 1 atom stereocenters. The van der Waals surface area contributed by atoms with Crippen LogP contribution in [0.25, 0.3) is 10.6 Å². The van der Waals surface area contributed by atoms with Crippen LogP contribution in [0.4, 0.5) is 5.13 Å². The Labute approximate surface area is 142 Å². The summed E-state index contributed by atoms with van der Waals surface area (Å²) in [6.07, 6.45) is 2.48. The van der Waals surface area contributed by atoms with E-state index in [1.807, 2.05) is 16.3 Å². The number of hydrogen-bond donors (Lipinski definition) is 1. The maximum atomic E-state index is 12.4. The number of nitrogens with zero attached hydrogens (tertiary/aromatic N) is 2. The highest BCUT2D eigenvalue weighted by atomic mass is 32.1. The second kappa shape index (κ2) is 5.72. The summed E-state index contributed by atoms with van der Waals surface area (Å²) in [7, 11) is 0. The smallest absolute Gasteiger partial charge is 0.231 e. The number of carbonyl (C=O) groups excluding carboxylic acids is 2. The molecule has 23 heavy (non-hydrogen) atoms. The lowest BCUT2D eigenvalue weighted by Gasteiger charge is -2.14. The summed E-state index contributed by atoms with van der Waals surface area (Å²) in [5.74, 6) is -0.231. The Balaban J connectivity index is 1.41. The minimum Gasteiger partial charge on any atom is -0.339 e. The van der Waals surface area contributed by atoms with Gasteiger partial charge in [0.2, 0.25) is 11.8 Å². The number of thiazole rings is 1. The normalized spacial score (nSPS) is 21.0. The van der Waals surface area contributed by atoms with Crippen LogP contribution in [0.3, 0.4) is 0 Å². The summed E-state index contributed by atoms with van der Waals surface area (Å²) >= 11 is 3.12. The highest BCUT2D eigenvalue weighted by molar-refractivity contribution is 7.17. The minimum absolute atomic E-state index is 0.0928. The molecule has 1 aliphatic carbocycles. The van der Waals surface area contributed by atoms with E-state index in [1.54, 1.807) is 11.3 Å². The van der Waals surface area contributed by atoms with Crippen LogP contribution in [0.1, 0.15) is 24.1 Å². The van der Waals surface area contributed by atoms with Gasteiger partial charge in [0.05, 0.1) is 16.5 Å². The average Bonchev–Trinajstić information content (AvgIpc) is 2.92. The topological polar surface area (TPSA) is 62.3 Å². The van der Waals surface area contributed by atoms with E-state index in [0.717, 1.165) is 23.4 Å². The average molecular weight is 347 g/mol. The number of carbonyl (C=O) groups is 2. The molecule has 1 saturated heterocycles. The van der Waals surface area contributed by atoms with Crippen LogP contribution in [0, 0.1) is 12.8 Å². The number of likely N-dealkylation sites (tertiary alicyclic amines) is 1. The van der Waals surface area contributed by atoms with E-state index in [0.29, 0.717) is 24.1 Å². The van der Waals surface area contributed by atoms with E-state index in [-0.39, 0.29) is 17.7 Å². The Morgan fingerprint density at radius 3 is 2.91 bits per heavy atom. The van der Waals surface area contributed by atoms with Crippen molar-refractivity contribution in [2.45, 2.75) is 32.2 Å². The molecule has 7 heteroatoms. The van der Waals surface area contributed by atoms with Crippen molar-refractivity contribution in [2.75, 3.05) is 11.9 Å². The van der Waals surface area contributed by atoms with Gasteiger partial charge in [0.25, 0.3) is 0 Å². The molecular formula is C16H17N3O2S2. The van der Waals surface area contributed by atoms with Gasteiger partial charge in [-0.05, 0) is 31.9 Å². The van der Waals surface area contributed by atoms with Crippen molar-refractivity contribution in [3.8, 4) is 10.6 Å². The van der Waals surface area contributed by atoms with E-state index >= 15 is 0 Å². The number of amides is 2. The SMILES string of the molecule is Cc1ccc(-c2csc(NC(=O)[C@H]3CC(=O)N(C4CC4)C3)n2)s1. The zero-order valence-electron chi connectivity index (χ0n) is 12.7. The maximum Gasteiger partial charge on any atom is 0.231 e. The highest BCUT2D eigenvalue weighted by Crippen LogP contribution is 2.34. The fourth-order valence-electron chi connectivity index (χ4n) is 2.87. The molecule has 0 bridgehead atoms. The molecule has 1 aliphatic heterocycles. The lowest BCUT2D eigenvalue weighted by atomic mass is 10.1. The van der Waals surface area contributed by atoms with Gasteiger partial charge in [-0.3, -0.25) is 9.59 Å². The number of aryl methyl sites for hydroxylation is 1. The first-order valence-corrected chi connectivity index (χ1v) is 9.42. The quantitative estimate of drug-likeness (QED) is 0.924. The van der Waals surface area contributed by atoms with Crippen molar-refractivity contribution in [3.63, 3.8) is 0 Å². The molecule has 0 radical (unpaired) electrons. The van der Waals surface area contributed by atoms with Gasteiger partial charge in [-0.15, -0.1) is 22.7 Å². The third-order valence-corrected chi connectivity index (χ3v) is 6.02. The molecule has 2 aromatic heterocycles. The van der Waals surface area contributed by atoms with Crippen LogP contribution in [-0.4, -0.2) is 34.3 Å². The Morgan fingerprint density at radius 1 is 1.39 bits per heavy atom. The summed E-state index contributed by atoms with van der Waals surface area (Å²) in [5, 5.41) is 5.44. The largest absolute Gasteiger partial charge is 0.339 e. The number of hydrogen-bond acceptors (Lipinski definition) is 5. The summed E-state index contributed by atoms with van der Waals surface area (Å²) in [4.78, 5) is 33.0. The third kappa shape index (κ3) is 3.03. The Morgan fingerprint density at radius 2 is 2.22 bits per heavy atom. The predicted molar refractivity (Wildman–Crippen MR) is 91.6 cm³/mol. The van der Waals surface area contributed by atoms with Crippen LogP contribution < -0.4 is 5.32 Å².